The Labute approximate surface area is 347 Å². The van der Waals surface area contributed by atoms with Gasteiger partial charge in [0.25, 0.3) is 0 Å². The first-order valence-electron chi connectivity index (χ1n) is 21.3. The molecule has 0 atom stereocenters. The summed E-state index contributed by atoms with van der Waals surface area (Å²) in [7, 11) is 0. The first kappa shape index (κ1) is 36.3. The zero-order valence-electron chi connectivity index (χ0n) is 37.5. The van der Waals surface area contributed by atoms with Crippen LogP contribution in [0.2, 0.25) is 0 Å². The van der Waals surface area contributed by atoms with Crippen molar-refractivity contribution in [2.75, 3.05) is 0 Å². The number of pyridine rings is 1. The minimum atomic E-state index is -1.85. The summed E-state index contributed by atoms with van der Waals surface area (Å²) in [6.45, 7) is 21.9. The van der Waals surface area contributed by atoms with Crippen molar-refractivity contribution < 1.29 is 7.85 Å². The number of rotatable bonds is 6. The SMILES string of the molecule is [2H]C([2H])(c1ccccc1)c1cc(-c2cc(C)cc(-c3cc(C(C)(C)C)cc4cccnc34)c2)c2nc(-c3cc(C(C)(C)C)ccc3O)n(-c3ccc(C(C)(C)C)cc3)c2c1. The van der Waals surface area contributed by atoms with E-state index >= 15 is 0 Å². The first-order valence-corrected chi connectivity index (χ1v) is 20.3. The summed E-state index contributed by atoms with van der Waals surface area (Å²) < 4.78 is 21.5. The molecule has 4 heteroatoms. The van der Waals surface area contributed by atoms with Crippen molar-refractivity contribution in [3.63, 3.8) is 0 Å². The van der Waals surface area contributed by atoms with Crippen LogP contribution in [0.3, 0.4) is 0 Å². The molecule has 0 amide bonds. The maximum atomic E-state index is 11.7. The van der Waals surface area contributed by atoms with Crippen LogP contribution in [0.5, 0.6) is 5.75 Å². The molecule has 0 radical (unpaired) electrons. The van der Waals surface area contributed by atoms with E-state index in [1.54, 1.807) is 6.07 Å². The fourth-order valence-electron chi connectivity index (χ4n) is 7.83. The van der Waals surface area contributed by atoms with Gasteiger partial charge in [0, 0.05) is 31.1 Å². The molecule has 4 nitrogen and oxygen atoms in total. The average molecular weight is 764 g/mol. The second kappa shape index (κ2) is 14.4. The van der Waals surface area contributed by atoms with Gasteiger partial charge >= 0.3 is 0 Å². The van der Waals surface area contributed by atoms with Gasteiger partial charge in [-0.25, -0.2) is 4.98 Å². The minimum Gasteiger partial charge on any atom is -0.507 e. The molecule has 0 bridgehead atoms. The standard InChI is InChI=1S/C54H55N3O/c1-34-25-38(30-39(26-34)45-33-42(54(8,9)10)31-37-17-14-24-55-49(37)45)44-28-36(27-35-15-12-11-13-16-35)29-47-50(44)56-51(46-32-41(53(5,6)7)20-23-48(46)58)57(47)43-21-18-40(19-22-43)52(2,3)4/h11-26,28-33,58H,27H2,1-10H3/i27D2. The number of hydrogen-bond acceptors (Lipinski definition) is 3. The van der Waals surface area contributed by atoms with Crippen LogP contribution < -0.4 is 0 Å². The van der Waals surface area contributed by atoms with Crippen LogP contribution in [0.4, 0.5) is 0 Å². The molecule has 2 heterocycles. The number of benzene rings is 6. The maximum Gasteiger partial charge on any atom is 0.149 e. The number of aromatic nitrogens is 3. The predicted octanol–water partition coefficient (Wildman–Crippen LogP) is 14.1. The lowest BCUT2D eigenvalue weighted by Gasteiger charge is -2.21. The highest BCUT2D eigenvalue weighted by Crippen LogP contribution is 2.42. The molecular weight excluding hydrogens is 707 g/mol. The van der Waals surface area contributed by atoms with Gasteiger partial charge in [-0.15, -0.1) is 0 Å². The molecule has 1 N–H and O–H groups in total. The summed E-state index contributed by atoms with van der Waals surface area (Å²) in [6.07, 6.45) is 0.00190. The Morgan fingerprint density at radius 2 is 1.19 bits per heavy atom. The lowest BCUT2D eigenvalue weighted by molar-refractivity contribution is 0.475. The molecule has 0 saturated heterocycles. The van der Waals surface area contributed by atoms with Gasteiger partial charge in [-0.3, -0.25) is 9.55 Å². The van der Waals surface area contributed by atoms with E-state index in [2.05, 4.69) is 134 Å². The molecule has 0 saturated carbocycles. The molecule has 2 aromatic heterocycles. The van der Waals surface area contributed by atoms with Crippen molar-refractivity contribution in [1.82, 2.24) is 14.5 Å². The fourth-order valence-corrected chi connectivity index (χ4v) is 7.83. The number of aromatic hydroxyl groups is 1. The largest absolute Gasteiger partial charge is 0.507 e. The number of nitrogens with zero attached hydrogens (tertiary/aromatic N) is 3. The summed E-state index contributed by atoms with van der Waals surface area (Å²) >= 11 is 0. The van der Waals surface area contributed by atoms with Gasteiger partial charge in [-0.1, -0.05) is 129 Å². The van der Waals surface area contributed by atoms with Gasteiger partial charge in [0.05, 0.1) is 22.1 Å². The van der Waals surface area contributed by atoms with Crippen molar-refractivity contribution in [2.24, 2.45) is 0 Å². The molecule has 0 aliphatic carbocycles. The quantitative estimate of drug-likeness (QED) is 0.183. The van der Waals surface area contributed by atoms with Crippen LogP contribution in [0.15, 0.2) is 134 Å². The van der Waals surface area contributed by atoms with Crippen LogP contribution in [-0.2, 0) is 22.6 Å². The first-order chi connectivity index (χ1) is 28.2. The zero-order chi connectivity index (χ0) is 42.9. The van der Waals surface area contributed by atoms with Gasteiger partial charge in [0.1, 0.15) is 11.6 Å². The zero-order valence-corrected chi connectivity index (χ0v) is 35.5. The van der Waals surface area contributed by atoms with E-state index in [0.29, 0.717) is 28.0 Å². The number of hydrogen-bond donors (Lipinski definition) is 1. The summed E-state index contributed by atoms with van der Waals surface area (Å²) in [5.41, 5.74) is 12.9. The molecule has 58 heavy (non-hydrogen) atoms. The minimum absolute atomic E-state index is 0.0557. The van der Waals surface area contributed by atoms with Crippen molar-refractivity contribution in [3.05, 3.63) is 167 Å². The van der Waals surface area contributed by atoms with E-state index in [4.69, 9.17) is 9.97 Å². The molecule has 292 valence electrons. The number of phenols is 1. The second-order valence-corrected chi connectivity index (χ2v) is 18.9. The molecule has 0 aliphatic heterocycles. The Morgan fingerprint density at radius 3 is 1.84 bits per heavy atom. The third kappa shape index (κ3) is 7.56. The Kier molecular flexibility index (Phi) is 9.04. The van der Waals surface area contributed by atoms with Crippen LogP contribution >= 0.6 is 0 Å². The van der Waals surface area contributed by atoms with Crippen molar-refractivity contribution in [1.29, 1.82) is 0 Å². The van der Waals surface area contributed by atoms with E-state index in [-0.39, 0.29) is 22.0 Å². The highest BCUT2D eigenvalue weighted by molar-refractivity contribution is 5.99. The Hall–Kier alpha value is -6.00. The topological polar surface area (TPSA) is 50.9 Å². The highest BCUT2D eigenvalue weighted by Gasteiger charge is 2.25. The molecule has 0 spiro atoms. The Balaban J connectivity index is 1.48. The Morgan fingerprint density at radius 1 is 0.569 bits per heavy atom. The molecule has 0 fully saturated rings. The molecule has 0 unspecified atom stereocenters. The van der Waals surface area contributed by atoms with Crippen molar-refractivity contribution >= 4 is 21.9 Å². The molecular formula is C54H55N3O. The van der Waals surface area contributed by atoms with Gasteiger partial charge in [0.15, 0.2) is 0 Å². The van der Waals surface area contributed by atoms with Gasteiger partial charge < -0.3 is 5.11 Å². The van der Waals surface area contributed by atoms with Crippen molar-refractivity contribution in [3.8, 4) is 45.1 Å². The van der Waals surface area contributed by atoms with Crippen LogP contribution in [-0.4, -0.2) is 19.6 Å². The monoisotopic (exact) mass is 763 g/mol. The van der Waals surface area contributed by atoms with Crippen LogP contribution in [0, 0.1) is 6.92 Å². The lowest BCUT2D eigenvalue weighted by atomic mass is 9.83. The Bertz CT molecular complexity index is 2910. The van der Waals surface area contributed by atoms with Gasteiger partial charge in [-0.2, -0.15) is 0 Å². The average Bonchev–Trinajstić information content (AvgIpc) is 3.58. The number of phenolic OH excluding ortho intramolecular Hbond substituents is 1. The normalized spacial score (nSPS) is 13.2. The van der Waals surface area contributed by atoms with E-state index in [1.165, 1.54) is 11.1 Å². The highest BCUT2D eigenvalue weighted by atomic mass is 16.3. The molecule has 8 aromatic rings. The molecule has 8 rings (SSSR count). The van der Waals surface area contributed by atoms with E-state index in [9.17, 15) is 7.85 Å². The van der Waals surface area contributed by atoms with Gasteiger partial charge in [0.2, 0.25) is 0 Å². The number of aryl methyl sites for hydroxylation is 1. The third-order valence-electron chi connectivity index (χ3n) is 11.2. The summed E-state index contributed by atoms with van der Waals surface area (Å²) in [5, 5.41) is 12.8. The molecule has 0 aliphatic rings. The summed E-state index contributed by atoms with van der Waals surface area (Å²) in [4.78, 5) is 10.4. The second-order valence-electron chi connectivity index (χ2n) is 18.9. The molecule has 6 aromatic carbocycles. The number of fused-ring (bicyclic) bond motifs is 2. The smallest absolute Gasteiger partial charge is 0.149 e. The lowest BCUT2D eigenvalue weighted by Crippen LogP contribution is -2.11. The summed E-state index contributed by atoms with van der Waals surface area (Å²) in [6, 6.07) is 42.8. The van der Waals surface area contributed by atoms with Gasteiger partial charge in [-0.05, 0) is 135 Å². The van der Waals surface area contributed by atoms with Crippen molar-refractivity contribution in [2.45, 2.75) is 91.9 Å². The summed E-state index contributed by atoms with van der Waals surface area (Å²) in [5.74, 6) is 0.708. The van der Waals surface area contributed by atoms with E-state index in [1.807, 2.05) is 66.9 Å². The fraction of sp³-hybridized carbons (Fsp3) is 0.259. The predicted molar refractivity (Wildman–Crippen MR) is 244 cm³/mol. The van der Waals surface area contributed by atoms with Crippen LogP contribution in [0.1, 0.15) is 98.4 Å². The maximum absolute atomic E-state index is 11.7. The third-order valence-corrected chi connectivity index (χ3v) is 11.2. The van der Waals surface area contributed by atoms with E-state index < -0.39 is 6.37 Å². The number of imidazole rings is 1. The van der Waals surface area contributed by atoms with Crippen LogP contribution in [0.25, 0.3) is 61.3 Å². The van der Waals surface area contributed by atoms with E-state index in [0.717, 1.165) is 55.5 Å².